The Hall–Kier alpha value is -2.20. The molecule has 0 spiro atoms. The molecule has 0 aliphatic rings. The third-order valence-corrected chi connectivity index (χ3v) is 2.54. The summed E-state index contributed by atoms with van der Waals surface area (Å²) < 4.78 is 5.69. The third kappa shape index (κ3) is 1.05. The van der Waals surface area contributed by atoms with E-state index in [4.69, 9.17) is 10.8 Å². The highest BCUT2D eigenvalue weighted by molar-refractivity contribution is 6.06. The number of furan rings is 1. The van der Waals surface area contributed by atoms with Gasteiger partial charge in [-0.1, -0.05) is 30.3 Å². The average molecular weight is 191 g/mol. The lowest BCUT2D eigenvalue weighted by atomic mass is 10.1. The molecule has 15 heavy (non-hydrogen) atoms. The molecule has 2 aromatic carbocycles. The van der Waals surface area contributed by atoms with Crippen LogP contribution in [0.2, 0.25) is 0 Å². The van der Waals surface area contributed by atoms with Crippen LogP contribution in [0, 0.1) is 12.3 Å². The number of rotatable bonds is 0. The van der Waals surface area contributed by atoms with Gasteiger partial charge in [0.1, 0.15) is 5.58 Å². The molecule has 3 rings (SSSR count). The lowest BCUT2D eigenvalue weighted by Crippen LogP contribution is -1.72. The van der Waals surface area contributed by atoms with Crippen LogP contribution < -0.4 is 0 Å². The Labute approximate surface area is 87.3 Å². The molecule has 69 valence electrons. The maximum Gasteiger partial charge on any atom is 0.151 e. The van der Waals surface area contributed by atoms with Gasteiger partial charge in [0.05, 0.1) is 5.56 Å². The fraction of sp³-hybridized carbons (Fsp3) is 0. The minimum absolute atomic E-state index is 0.698. The van der Waals surface area contributed by atoms with Gasteiger partial charge in [0.2, 0.25) is 0 Å². The van der Waals surface area contributed by atoms with Gasteiger partial charge in [0, 0.05) is 10.8 Å². The van der Waals surface area contributed by atoms with E-state index in [0.29, 0.717) is 5.56 Å². The van der Waals surface area contributed by atoms with E-state index in [2.05, 4.69) is 5.92 Å². The summed E-state index contributed by atoms with van der Waals surface area (Å²) in [5, 5.41) is 2.13. The van der Waals surface area contributed by atoms with Gasteiger partial charge < -0.3 is 4.42 Å². The first-order valence-corrected chi connectivity index (χ1v) is 4.73. The molecule has 1 nitrogen and oxygen atoms in total. The maximum atomic E-state index is 7.19. The van der Waals surface area contributed by atoms with Gasteiger partial charge >= 0.3 is 0 Å². The van der Waals surface area contributed by atoms with Gasteiger partial charge in [0.15, 0.2) is 5.58 Å². The molecular weight excluding hydrogens is 184 g/mol. The summed E-state index contributed by atoms with van der Waals surface area (Å²) in [6.45, 7) is 0. The largest absolute Gasteiger partial charge is 0.455 e. The average Bonchev–Trinajstić information content (AvgIpc) is 2.67. The Balaban J connectivity index is 2.61. The highest BCUT2D eigenvalue weighted by Crippen LogP contribution is 2.30. The summed E-state index contributed by atoms with van der Waals surface area (Å²) >= 11 is 0. The summed E-state index contributed by atoms with van der Waals surface area (Å²) in [6, 6.07) is 13.6. The zero-order valence-corrected chi connectivity index (χ0v) is 7.95. The van der Waals surface area contributed by atoms with Crippen molar-refractivity contribution < 1.29 is 4.42 Å². The van der Waals surface area contributed by atoms with E-state index in [1.807, 2.05) is 42.5 Å². The van der Waals surface area contributed by atoms with Crippen molar-refractivity contribution in [2.75, 3.05) is 0 Å². The van der Waals surface area contributed by atoms with E-state index >= 15 is 0 Å². The van der Waals surface area contributed by atoms with E-state index in [0.717, 1.165) is 21.9 Å². The molecule has 1 radical (unpaired) electrons. The molecule has 0 atom stereocenters. The van der Waals surface area contributed by atoms with Crippen LogP contribution >= 0.6 is 0 Å². The van der Waals surface area contributed by atoms with E-state index in [1.54, 1.807) is 0 Å². The Morgan fingerprint density at radius 2 is 1.73 bits per heavy atom. The van der Waals surface area contributed by atoms with Gasteiger partial charge in [-0.05, 0) is 24.5 Å². The van der Waals surface area contributed by atoms with E-state index in [9.17, 15) is 0 Å². The van der Waals surface area contributed by atoms with Crippen LogP contribution in [-0.4, -0.2) is 0 Å². The van der Waals surface area contributed by atoms with E-state index in [-0.39, 0.29) is 0 Å². The minimum atomic E-state index is 0.698. The number of fused-ring (bicyclic) bond motifs is 3. The molecule has 0 amide bonds. The summed E-state index contributed by atoms with van der Waals surface area (Å²) in [5.74, 6) is 2.39. The minimum Gasteiger partial charge on any atom is -0.455 e. The van der Waals surface area contributed by atoms with Crippen LogP contribution in [0.4, 0.5) is 0 Å². The van der Waals surface area contributed by atoms with Crippen LogP contribution in [0.5, 0.6) is 0 Å². The Kier molecular flexibility index (Phi) is 1.57. The van der Waals surface area contributed by atoms with Crippen molar-refractivity contribution in [3.05, 3.63) is 54.5 Å². The van der Waals surface area contributed by atoms with Crippen molar-refractivity contribution in [3.8, 4) is 5.92 Å². The second-order valence-corrected chi connectivity index (χ2v) is 3.41. The van der Waals surface area contributed by atoms with Crippen LogP contribution in [0.15, 0.2) is 46.9 Å². The SMILES string of the molecule is [C]#Cc1cccc2c1oc1ccccc12. The molecular formula is C14H7O. The van der Waals surface area contributed by atoms with E-state index < -0.39 is 0 Å². The Morgan fingerprint density at radius 1 is 0.933 bits per heavy atom. The first-order valence-electron chi connectivity index (χ1n) is 4.73. The molecule has 0 saturated heterocycles. The summed E-state index contributed by atoms with van der Waals surface area (Å²) in [7, 11) is 0. The van der Waals surface area contributed by atoms with Crippen LogP contribution in [0.25, 0.3) is 21.9 Å². The quantitative estimate of drug-likeness (QED) is 0.495. The van der Waals surface area contributed by atoms with E-state index in [1.165, 1.54) is 0 Å². The second kappa shape index (κ2) is 2.90. The molecule has 0 unspecified atom stereocenters. The zero-order chi connectivity index (χ0) is 10.3. The number of hydrogen-bond donors (Lipinski definition) is 0. The lowest BCUT2D eigenvalue weighted by molar-refractivity contribution is 0.668. The van der Waals surface area contributed by atoms with Gasteiger partial charge in [-0.15, -0.1) is 0 Å². The zero-order valence-electron chi connectivity index (χ0n) is 7.95. The molecule has 0 fully saturated rings. The van der Waals surface area contributed by atoms with Crippen LogP contribution in [0.1, 0.15) is 5.56 Å². The first-order chi connectivity index (χ1) is 7.40. The van der Waals surface area contributed by atoms with Crippen molar-refractivity contribution in [1.29, 1.82) is 0 Å². The first kappa shape index (κ1) is 8.14. The normalized spacial score (nSPS) is 10.6. The predicted octanol–water partition coefficient (Wildman–Crippen LogP) is 3.52. The molecule has 0 N–H and O–H groups in total. The molecule has 0 bridgehead atoms. The summed E-state index contributed by atoms with van der Waals surface area (Å²) in [4.78, 5) is 0. The molecule has 1 heteroatoms. The van der Waals surface area contributed by atoms with Gasteiger partial charge in [-0.25, -0.2) is 0 Å². The van der Waals surface area contributed by atoms with Crippen molar-refractivity contribution in [2.45, 2.75) is 0 Å². The van der Waals surface area contributed by atoms with Gasteiger partial charge in [-0.2, -0.15) is 0 Å². The molecule has 1 heterocycles. The van der Waals surface area contributed by atoms with Gasteiger partial charge in [-0.3, -0.25) is 0 Å². The highest BCUT2D eigenvalue weighted by Gasteiger charge is 2.07. The van der Waals surface area contributed by atoms with Crippen molar-refractivity contribution in [2.24, 2.45) is 0 Å². The molecule has 0 saturated carbocycles. The Bertz CT molecular complexity index is 683. The smallest absolute Gasteiger partial charge is 0.151 e. The second-order valence-electron chi connectivity index (χ2n) is 3.41. The topological polar surface area (TPSA) is 13.1 Å². The number of benzene rings is 2. The fourth-order valence-corrected chi connectivity index (χ4v) is 1.85. The fourth-order valence-electron chi connectivity index (χ4n) is 1.85. The summed E-state index contributed by atoms with van der Waals surface area (Å²) in [6.07, 6.45) is 7.19. The molecule has 0 aliphatic carbocycles. The Morgan fingerprint density at radius 3 is 2.60 bits per heavy atom. The number of hydrogen-bond acceptors (Lipinski definition) is 1. The summed E-state index contributed by atoms with van der Waals surface area (Å²) in [5.41, 5.74) is 2.30. The van der Waals surface area contributed by atoms with Crippen molar-refractivity contribution in [3.63, 3.8) is 0 Å². The van der Waals surface area contributed by atoms with Gasteiger partial charge in [0.25, 0.3) is 0 Å². The van der Waals surface area contributed by atoms with Crippen LogP contribution in [-0.2, 0) is 0 Å². The molecule has 0 aliphatic heterocycles. The standard InChI is InChI=1S/C14H7O/c1-2-10-6-5-8-12-11-7-3-4-9-13(11)15-14(10)12/h3-9H. The maximum absolute atomic E-state index is 7.19. The van der Waals surface area contributed by atoms with Crippen molar-refractivity contribution in [1.82, 2.24) is 0 Å². The predicted molar refractivity (Wildman–Crippen MR) is 60.0 cm³/mol. The number of para-hydroxylation sites is 2. The monoisotopic (exact) mass is 191 g/mol. The van der Waals surface area contributed by atoms with Crippen molar-refractivity contribution >= 4 is 21.9 Å². The molecule has 1 aromatic heterocycles. The lowest BCUT2D eigenvalue weighted by Gasteiger charge is -1.90. The third-order valence-electron chi connectivity index (χ3n) is 2.54. The van der Waals surface area contributed by atoms with Crippen LogP contribution in [0.3, 0.4) is 0 Å². The highest BCUT2D eigenvalue weighted by atomic mass is 16.3. The molecule has 3 aromatic rings.